The number of halogens is 1. The largest absolute Gasteiger partial charge is 0.486 e. The van der Waals surface area contributed by atoms with Crippen LogP contribution in [0.5, 0.6) is 5.75 Å². The Bertz CT molecular complexity index is 916. The van der Waals surface area contributed by atoms with E-state index in [4.69, 9.17) is 16.3 Å². The molecule has 6 nitrogen and oxygen atoms in total. The Kier molecular flexibility index (Phi) is 5.40. The Morgan fingerprint density at radius 1 is 1.26 bits per heavy atom. The molecule has 0 spiro atoms. The second kappa shape index (κ2) is 8.10. The van der Waals surface area contributed by atoms with E-state index in [1.54, 1.807) is 35.8 Å². The number of ether oxygens (including phenoxy) is 1. The zero-order valence-corrected chi connectivity index (χ0v) is 16.2. The summed E-state index contributed by atoms with van der Waals surface area (Å²) < 4.78 is 7.59. The van der Waals surface area contributed by atoms with Crippen molar-refractivity contribution in [2.24, 2.45) is 0 Å². The minimum atomic E-state index is -0.233. The third-order valence-corrected chi connectivity index (χ3v) is 5.62. The van der Waals surface area contributed by atoms with E-state index in [-0.39, 0.29) is 5.91 Å². The lowest BCUT2D eigenvalue weighted by Crippen LogP contribution is -2.18. The van der Waals surface area contributed by atoms with Gasteiger partial charge in [-0.05, 0) is 37.1 Å². The quantitative estimate of drug-likeness (QED) is 0.634. The topological polar surface area (TPSA) is 69.0 Å². The standard InChI is InChI=1S/C19H19ClN4O2S/c20-13-5-7-15(8-6-13)26-11-18-22-16(12-27-18)19(25)23-17-9-10-21-24(17)14-3-1-2-4-14/h5-10,12,14H,1-4,11H2,(H,23,25). The van der Waals surface area contributed by atoms with E-state index in [1.807, 2.05) is 10.7 Å². The van der Waals surface area contributed by atoms with Crippen molar-refractivity contribution in [3.63, 3.8) is 0 Å². The molecule has 1 amide bonds. The summed E-state index contributed by atoms with van der Waals surface area (Å²) in [4.78, 5) is 16.9. The molecule has 0 aliphatic heterocycles. The molecule has 1 fully saturated rings. The molecule has 2 heterocycles. The zero-order chi connectivity index (χ0) is 18.6. The monoisotopic (exact) mass is 402 g/mol. The van der Waals surface area contributed by atoms with Gasteiger partial charge in [-0.15, -0.1) is 11.3 Å². The van der Waals surface area contributed by atoms with Crippen molar-refractivity contribution in [3.8, 4) is 5.75 Å². The molecule has 1 aromatic carbocycles. The van der Waals surface area contributed by atoms with Gasteiger partial charge in [-0.3, -0.25) is 4.79 Å². The molecule has 1 aliphatic carbocycles. The third-order valence-electron chi connectivity index (χ3n) is 4.54. The smallest absolute Gasteiger partial charge is 0.276 e. The van der Waals surface area contributed by atoms with Crippen LogP contribution in [0, 0.1) is 0 Å². The van der Waals surface area contributed by atoms with Crippen molar-refractivity contribution in [1.29, 1.82) is 0 Å². The fraction of sp³-hybridized carbons (Fsp3) is 0.316. The lowest BCUT2D eigenvalue weighted by molar-refractivity contribution is 0.102. The van der Waals surface area contributed by atoms with Crippen LogP contribution in [0.15, 0.2) is 41.9 Å². The zero-order valence-electron chi connectivity index (χ0n) is 14.6. The second-order valence-corrected chi connectivity index (χ2v) is 7.80. The molecule has 1 aliphatic rings. The summed E-state index contributed by atoms with van der Waals surface area (Å²) in [6.45, 7) is 0.305. The number of carbonyl (C=O) groups is 1. The van der Waals surface area contributed by atoms with Gasteiger partial charge in [-0.25, -0.2) is 9.67 Å². The fourth-order valence-corrected chi connectivity index (χ4v) is 4.00. The van der Waals surface area contributed by atoms with E-state index >= 15 is 0 Å². The van der Waals surface area contributed by atoms with Crippen LogP contribution in [0.4, 0.5) is 5.82 Å². The van der Waals surface area contributed by atoms with Crippen LogP contribution in [0.3, 0.4) is 0 Å². The molecular formula is C19H19ClN4O2S. The first-order valence-corrected chi connectivity index (χ1v) is 10.1. The van der Waals surface area contributed by atoms with Crippen molar-refractivity contribution in [1.82, 2.24) is 14.8 Å². The Morgan fingerprint density at radius 3 is 2.81 bits per heavy atom. The van der Waals surface area contributed by atoms with Gasteiger partial charge in [0.2, 0.25) is 0 Å². The number of amides is 1. The van der Waals surface area contributed by atoms with Crippen LogP contribution in [-0.4, -0.2) is 20.7 Å². The highest BCUT2D eigenvalue weighted by molar-refractivity contribution is 7.09. The Hall–Kier alpha value is -2.38. The van der Waals surface area contributed by atoms with Crippen LogP contribution < -0.4 is 10.1 Å². The van der Waals surface area contributed by atoms with Crippen LogP contribution in [-0.2, 0) is 6.61 Å². The van der Waals surface area contributed by atoms with Gasteiger partial charge in [0.15, 0.2) is 0 Å². The molecule has 2 aromatic heterocycles. The fourth-order valence-electron chi connectivity index (χ4n) is 3.19. The number of aromatic nitrogens is 3. The molecule has 1 N–H and O–H groups in total. The van der Waals surface area contributed by atoms with Gasteiger partial charge < -0.3 is 10.1 Å². The van der Waals surface area contributed by atoms with Crippen molar-refractivity contribution >= 4 is 34.7 Å². The van der Waals surface area contributed by atoms with Crippen molar-refractivity contribution < 1.29 is 9.53 Å². The lowest BCUT2D eigenvalue weighted by Gasteiger charge is -2.14. The van der Waals surface area contributed by atoms with E-state index < -0.39 is 0 Å². The van der Waals surface area contributed by atoms with Crippen molar-refractivity contribution in [2.45, 2.75) is 38.3 Å². The molecule has 0 atom stereocenters. The van der Waals surface area contributed by atoms with Gasteiger partial charge in [-0.2, -0.15) is 5.10 Å². The first kappa shape index (κ1) is 18.0. The SMILES string of the molecule is O=C(Nc1ccnn1C1CCCC1)c1csc(COc2ccc(Cl)cc2)n1. The van der Waals surface area contributed by atoms with Crippen molar-refractivity contribution in [2.75, 3.05) is 5.32 Å². The Balaban J connectivity index is 1.37. The molecule has 3 aromatic rings. The predicted octanol–water partition coefficient (Wildman–Crippen LogP) is 4.94. The number of rotatable bonds is 6. The first-order valence-electron chi connectivity index (χ1n) is 8.87. The maximum absolute atomic E-state index is 12.5. The van der Waals surface area contributed by atoms with Crippen LogP contribution in [0.2, 0.25) is 5.02 Å². The number of benzene rings is 1. The van der Waals surface area contributed by atoms with Gasteiger partial charge in [0.05, 0.1) is 12.2 Å². The van der Waals surface area contributed by atoms with Crippen LogP contribution in [0.1, 0.15) is 47.2 Å². The molecule has 4 rings (SSSR count). The number of nitrogens with one attached hydrogen (secondary N) is 1. The molecule has 1 saturated carbocycles. The number of carbonyl (C=O) groups excluding carboxylic acids is 1. The van der Waals surface area contributed by atoms with Crippen LogP contribution >= 0.6 is 22.9 Å². The molecule has 0 saturated heterocycles. The second-order valence-electron chi connectivity index (χ2n) is 6.42. The minimum Gasteiger partial charge on any atom is -0.486 e. The number of nitrogens with zero attached hydrogens (tertiary/aromatic N) is 3. The van der Waals surface area contributed by atoms with E-state index in [9.17, 15) is 4.79 Å². The Labute approximate surface area is 166 Å². The summed E-state index contributed by atoms with van der Waals surface area (Å²) in [5, 5.41) is 10.4. The number of hydrogen-bond acceptors (Lipinski definition) is 5. The van der Waals surface area contributed by atoms with E-state index in [0.29, 0.717) is 29.1 Å². The predicted molar refractivity (Wildman–Crippen MR) is 106 cm³/mol. The highest BCUT2D eigenvalue weighted by Crippen LogP contribution is 2.31. The molecule has 0 radical (unpaired) electrons. The molecule has 8 heteroatoms. The minimum absolute atomic E-state index is 0.233. The average molecular weight is 403 g/mol. The molecule has 0 bridgehead atoms. The Morgan fingerprint density at radius 2 is 2.04 bits per heavy atom. The number of hydrogen-bond donors (Lipinski definition) is 1. The molecule has 140 valence electrons. The van der Waals surface area contributed by atoms with Gasteiger partial charge in [-0.1, -0.05) is 24.4 Å². The maximum atomic E-state index is 12.5. The van der Waals surface area contributed by atoms with Gasteiger partial charge >= 0.3 is 0 Å². The first-order chi connectivity index (χ1) is 13.2. The molecular weight excluding hydrogens is 384 g/mol. The van der Waals surface area contributed by atoms with E-state index in [0.717, 1.165) is 23.7 Å². The van der Waals surface area contributed by atoms with Crippen molar-refractivity contribution in [3.05, 3.63) is 57.6 Å². The average Bonchev–Trinajstić information content (AvgIpc) is 3.42. The van der Waals surface area contributed by atoms with Gasteiger partial charge in [0.1, 0.15) is 28.9 Å². The summed E-state index contributed by atoms with van der Waals surface area (Å²) >= 11 is 7.26. The summed E-state index contributed by atoms with van der Waals surface area (Å²) in [5.41, 5.74) is 0.383. The summed E-state index contributed by atoms with van der Waals surface area (Å²) in [6, 6.07) is 9.33. The van der Waals surface area contributed by atoms with E-state index in [2.05, 4.69) is 15.4 Å². The normalized spacial score (nSPS) is 14.4. The summed E-state index contributed by atoms with van der Waals surface area (Å²) in [5.74, 6) is 1.20. The highest BCUT2D eigenvalue weighted by Gasteiger charge is 2.21. The molecule has 27 heavy (non-hydrogen) atoms. The third kappa shape index (κ3) is 4.31. The maximum Gasteiger partial charge on any atom is 0.276 e. The number of anilines is 1. The number of thiazole rings is 1. The van der Waals surface area contributed by atoms with E-state index in [1.165, 1.54) is 24.2 Å². The molecule has 0 unspecified atom stereocenters. The van der Waals surface area contributed by atoms with Crippen LogP contribution in [0.25, 0.3) is 0 Å². The van der Waals surface area contributed by atoms with Gasteiger partial charge in [0, 0.05) is 16.5 Å². The summed E-state index contributed by atoms with van der Waals surface area (Å²) in [6.07, 6.45) is 6.35. The van der Waals surface area contributed by atoms with Gasteiger partial charge in [0.25, 0.3) is 5.91 Å². The summed E-state index contributed by atoms with van der Waals surface area (Å²) in [7, 11) is 0. The lowest BCUT2D eigenvalue weighted by atomic mass is 10.2. The highest BCUT2D eigenvalue weighted by atomic mass is 35.5.